The van der Waals surface area contributed by atoms with E-state index >= 15 is 0 Å². The van der Waals surface area contributed by atoms with Crippen LogP contribution in [0.1, 0.15) is 68.4 Å². The van der Waals surface area contributed by atoms with E-state index in [9.17, 15) is 4.39 Å². The summed E-state index contributed by atoms with van der Waals surface area (Å²) in [5.41, 5.74) is 1.20. The van der Waals surface area contributed by atoms with Crippen LogP contribution in [0.5, 0.6) is 0 Å². The molecular weight excluding hydrogens is 317 g/mol. The predicted octanol–water partition coefficient (Wildman–Crippen LogP) is 4.90. The first-order valence-corrected chi connectivity index (χ1v) is 9.66. The molecule has 4 heteroatoms. The van der Waals surface area contributed by atoms with Gasteiger partial charge in [-0.15, -0.1) is 0 Å². The topological polar surface area (TPSA) is 42.2 Å². The molecule has 3 nitrogen and oxygen atoms in total. The number of ether oxygens (including phenoxy) is 2. The molecule has 3 fully saturated rings. The fraction of sp³-hybridized carbons (Fsp3) is 0.667. The van der Waals surface area contributed by atoms with E-state index in [-0.39, 0.29) is 17.2 Å². The van der Waals surface area contributed by atoms with Crippen LogP contribution in [-0.2, 0) is 9.47 Å². The number of benzene rings is 1. The van der Waals surface area contributed by atoms with Crippen molar-refractivity contribution in [1.29, 1.82) is 5.26 Å². The van der Waals surface area contributed by atoms with Crippen LogP contribution < -0.4 is 0 Å². The lowest BCUT2D eigenvalue weighted by atomic mass is 9.69. The second-order valence-electron chi connectivity index (χ2n) is 7.91. The fourth-order valence-corrected chi connectivity index (χ4v) is 5.14. The Labute approximate surface area is 149 Å². The summed E-state index contributed by atoms with van der Waals surface area (Å²) in [6.45, 7) is 1.49. The van der Waals surface area contributed by atoms with Gasteiger partial charge in [0.1, 0.15) is 11.9 Å². The molecule has 0 amide bonds. The largest absolute Gasteiger partial charge is 0.348 e. The van der Waals surface area contributed by atoms with Gasteiger partial charge in [0.25, 0.3) is 0 Å². The molecule has 0 aromatic heterocycles. The van der Waals surface area contributed by atoms with Gasteiger partial charge in [0.05, 0.1) is 18.8 Å². The van der Waals surface area contributed by atoms with Crippen LogP contribution in [-0.4, -0.2) is 19.0 Å². The van der Waals surface area contributed by atoms with Crippen molar-refractivity contribution < 1.29 is 13.9 Å². The van der Waals surface area contributed by atoms with Gasteiger partial charge in [-0.1, -0.05) is 6.07 Å². The third-order valence-electron chi connectivity index (χ3n) is 6.63. The second kappa shape index (κ2) is 7.05. The molecule has 2 saturated carbocycles. The first-order valence-electron chi connectivity index (χ1n) is 9.66. The van der Waals surface area contributed by atoms with E-state index in [0.29, 0.717) is 5.92 Å². The molecule has 3 aliphatic rings. The molecular formula is C21H26FNO2. The van der Waals surface area contributed by atoms with Gasteiger partial charge in [0.15, 0.2) is 5.79 Å². The monoisotopic (exact) mass is 343 g/mol. The van der Waals surface area contributed by atoms with Gasteiger partial charge in [0, 0.05) is 12.8 Å². The highest BCUT2D eigenvalue weighted by molar-refractivity contribution is 5.34. The summed E-state index contributed by atoms with van der Waals surface area (Å²) in [7, 11) is 0. The summed E-state index contributed by atoms with van der Waals surface area (Å²) in [6.07, 6.45) is 9.21. The van der Waals surface area contributed by atoms with Crippen molar-refractivity contribution in [3.63, 3.8) is 0 Å². The predicted molar refractivity (Wildman–Crippen MR) is 92.4 cm³/mol. The average Bonchev–Trinajstić information content (AvgIpc) is 3.10. The van der Waals surface area contributed by atoms with E-state index in [4.69, 9.17) is 14.7 Å². The molecule has 1 saturated heterocycles. The molecule has 1 heterocycles. The van der Waals surface area contributed by atoms with E-state index in [1.165, 1.54) is 25.7 Å². The zero-order chi connectivity index (χ0) is 17.3. The van der Waals surface area contributed by atoms with Gasteiger partial charge < -0.3 is 9.47 Å². The van der Waals surface area contributed by atoms with Gasteiger partial charge in [-0.3, -0.25) is 0 Å². The second-order valence-corrected chi connectivity index (χ2v) is 7.91. The van der Waals surface area contributed by atoms with Crippen molar-refractivity contribution in [2.24, 2.45) is 11.8 Å². The van der Waals surface area contributed by atoms with Crippen LogP contribution in [0.3, 0.4) is 0 Å². The Kier molecular flexibility index (Phi) is 4.80. The number of halogens is 1. The zero-order valence-electron chi connectivity index (χ0n) is 14.7. The minimum absolute atomic E-state index is 0.143. The van der Waals surface area contributed by atoms with E-state index in [1.54, 1.807) is 12.1 Å². The highest BCUT2D eigenvalue weighted by atomic mass is 19.1. The van der Waals surface area contributed by atoms with Crippen LogP contribution in [0.25, 0.3) is 0 Å². The summed E-state index contributed by atoms with van der Waals surface area (Å²) >= 11 is 0. The maximum Gasteiger partial charge on any atom is 0.168 e. The number of nitriles is 1. The smallest absolute Gasteiger partial charge is 0.168 e. The van der Waals surface area contributed by atoms with Crippen LogP contribution in [0, 0.1) is 29.0 Å². The maximum atomic E-state index is 13.9. The van der Waals surface area contributed by atoms with Gasteiger partial charge in [-0.2, -0.15) is 5.26 Å². The van der Waals surface area contributed by atoms with Crippen LogP contribution in [0.2, 0.25) is 0 Å². The Morgan fingerprint density at radius 2 is 1.60 bits per heavy atom. The Balaban J connectivity index is 1.31. The lowest BCUT2D eigenvalue weighted by Gasteiger charge is -2.41. The SMILES string of the molecule is N#Cc1ccc(C2CCC(C3CCC4(CC3)OCCO4)CC2)cc1F. The van der Waals surface area contributed by atoms with Crippen molar-refractivity contribution >= 4 is 0 Å². The third kappa shape index (κ3) is 3.45. The highest BCUT2D eigenvalue weighted by Crippen LogP contribution is 2.46. The minimum atomic E-state index is -0.378. The Morgan fingerprint density at radius 3 is 2.20 bits per heavy atom. The Bertz CT molecular complexity index is 644. The molecule has 0 atom stereocenters. The molecule has 0 bridgehead atoms. The summed E-state index contributed by atoms with van der Waals surface area (Å²) in [5.74, 6) is 1.38. The first kappa shape index (κ1) is 17.0. The molecule has 25 heavy (non-hydrogen) atoms. The van der Waals surface area contributed by atoms with Crippen molar-refractivity contribution in [3.8, 4) is 6.07 Å². The zero-order valence-corrected chi connectivity index (χ0v) is 14.7. The van der Waals surface area contributed by atoms with E-state index in [2.05, 4.69) is 0 Å². The van der Waals surface area contributed by atoms with E-state index < -0.39 is 0 Å². The molecule has 1 aromatic rings. The van der Waals surface area contributed by atoms with Crippen LogP contribution in [0.4, 0.5) is 4.39 Å². The van der Waals surface area contributed by atoms with Crippen molar-refractivity contribution in [1.82, 2.24) is 0 Å². The first-order chi connectivity index (χ1) is 12.2. The number of rotatable bonds is 2. The molecule has 1 aliphatic heterocycles. The summed E-state index contributed by atoms with van der Waals surface area (Å²) in [6, 6.07) is 7.03. The van der Waals surface area contributed by atoms with Crippen LogP contribution in [0.15, 0.2) is 18.2 Å². The Hall–Kier alpha value is -1.44. The quantitative estimate of drug-likeness (QED) is 0.766. The molecule has 0 radical (unpaired) electrons. The number of hydrogen-bond donors (Lipinski definition) is 0. The van der Waals surface area contributed by atoms with Gasteiger partial charge in [0.2, 0.25) is 0 Å². The number of hydrogen-bond acceptors (Lipinski definition) is 3. The van der Waals surface area contributed by atoms with Crippen molar-refractivity contribution in [2.45, 2.75) is 63.1 Å². The standard InChI is InChI=1S/C21H26FNO2/c22-20-13-18(5-6-19(20)14-23)16-3-1-15(2-4-16)17-7-9-21(10-8-17)24-11-12-25-21/h5-6,13,15-17H,1-4,7-12H2. The van der Waals surface area contributed by atoms with Crippen molar-refractivity contribution in [3.05, 3.63) is 35.1 Å². The molecule has 134 valence electrons. The minimum Gasteiger partial charge on any atom is -0.348 e. The highest BCUT2D eigenvalue weighted by Gasteiger charge is 2.42. The van der Waals surface area contributed by atoms with Gasteiger partial charge in [-0.25, -0.2) is 4.39 Å². The molecule has 1 spiro atoms. The molecule has 2 aliphatic carbocycles. The molecule has 0 N–H and O–H groups in total. The third-order valence-corrected chi connectivity index (χ3v) is 6.63. The summed E-state index contributed by atoms with van der Waals surface area (Å²) in [5, 5.41) is 8.87. The Morgan fingerprint density at radius 1 is 0.960 bits per heavy atom. The maximum absolute atomic E-state index is 13.9. The lowest BCUT2D eigenvalue weighted by molar-refractivity contribution is -0.185. The van der Waals surface area contributed by atoms with Gasteiger partial charge in [-0.05, 0) is 74.0 Å². The van der Waals surface area contributed by atoms with Crippen molar-refractivity contribution in [2.75, 3.05) is 13.2 Å². The summed E-state index contributed by atoms with van der Waals surface area (Å²) in [4.78, 5) is 0. The molecule has 4 rings (SSSR count). The molecule has 1 aromatic carbocycles. The van der Waals surface area contributed by atoms with E-state index in [0.717, 1.165) is 56.3 Å². The van der Waals surface area contributed by atoms with Gasteiger partial charge >= 0.3 is 0 Å². The number of nitrogens with zero attached hydrogens (tertiary/aromatic N) is 1. The average molecular weight is 343 g/mol. The van der Waals surface area contributed by atoms with E-state index in [1.807, 2.05) is 12.1 Å². The molecule has 0 unspecified atom stereocenters. The fourth-order valence-electron chi connectivity index (χ4n) is 5.14. The lowest BCUT2D eigenvalue weighted by Crippen LogP contribution is -2.37. The summed E-state index contributed by atoms with van der Waals surface area (Å²) < 4.78 is 25.6. The normalized spacial score (nSPS) is 29.6. The van der Waals surface area contributed by atoms with Crippen LogP contribution >= 0.6 is 0 Å².